The average molecular weight is 503 g/mol. The summed E-state index contributed by atoms with van der Waals surface area (Å²) < 4.78 is 35.7. The van der Waals surface area contributed by atoms with E-state index in [9.17, 15) is 13.2 Å². The molecule has 190 valence electrons. The maximum absolute atomic E-state index is 13.4. The van der Waals surface area contributed by atoms with E-state index in [1.165, 1.54) is 4.31 Å². The van der Waals surface area contributed by atoms with Crippen molar-refractivity contribution in [3.8, 4) is 17.1 Å². The number of imidazole rings is 1. The highest BCUT2D eigenvalue weighted by Gasteiger charge is 2.29. The highest BCUT2D eigenvalue weighted by Crippen LogP contribution is 2.31. The Morgan fingerprint density at radius 3 is 2.54 bits per heavy atom. The lowest BCUT2D eigenvalue weighted by atomic mass is 10.2. The van der Waals surface area contributed by atoms with Gasteiger partial charge in [0.2, 0.25) is 10.0 Å². The summed E-state index contributed by atoms with van der Waals surface area (Å²) >= 11 is 0. The molecule has 1 saturated heterocycles. The van der Waals surface area contributed by atoms with E-state index in [0.717, 1.165) is 25.1 Å². The van der Waals surface area contributed by atoms with Gasteiger partial charge in [0.05, 0.1) is 22.8 Å². The Kier molecular flexibility index (Phi) is 7.58. The molecule has 1 N–H and O–H groups in total. The van der Waals surface area contributed by atoms with Gasteiger partial charge in [-0.15, -0.1) is 5.10 Å². The molecule has 10 nitrogen and oxygen atoms in total. The maximum atomic E-state index is 13.4. The van der Waals surface area contributed by atoms with E-state index in [1.807, 2.05) is 14.0 Å². The van der Waals surface area contributed by atoms with Crippen LogP contribution in [0.4, 0.5) is 0 Å². The van der Waals surface area contributed by atoms with Crippen LogP contribution in [0.5, 0.6) is 5.75 Å². The number of ether oxygens (including phenoxy) is 1. The van der Waals surface area contributed by atoms with Crippen LogP contribution < -0.4 is 10.3 Å². The van der Waals surface area contributed by atoms with E-state index in [4.69, 9.17) is 9.84 Å². The van der Waals surface area contributed by atoms with Crippen LogP contribution in [0.1, 0.15) is 44.6 Å². The molecule has 1 aliphatic rings. The molecule has 1 aromatic carbocycles. The van der Waals surface area contributed by atoms with E-state index in [0.29, 0.717) is 61.7 Å². The van der Waals surface area contributed by atoms with Gasteiger partial charge in [-0.25, -0.2) is 17.9 Å². The van der Waals surface area contributed by atoms with Crippen LogP contribution in [0.2, 0.25) is 0 Å². The second kappa shape index (κ2) is 10.5. The maximum Gasteiger partial charge on any atom is 0.277 e. The average Bonchev–Trinajstić information content (AvgIpc) is 3.15. The highest BCUT2D eigenvalue weighted by atomic mass is 32.2. The van der Waals surface area contributed by atoms with E-state index in [2.05, 4.69) is 21.8 Å². The van der Waals surface area contributed by atoms with Gasteiger partial charge in [-0.05, 0) is 45.5 Å². The second-order valence-electron chi connectivity index (χ2n) is 8.93. The summed E-state index contributed by atoms with van der Waals surface area (Å²) in [6.45, 7) is 8.37. The summed E-state index contributed by atoms with van der Waals surface area (Å²) in [5.74, 6) is 1.42. The molecular formula is C24H34N6O4S. The van der Waals surface area contributed by atoms with E-state index in [1.54, 1.807) is 29.6 Å². The zero-order valence-electron chi connectivity index (χ0n) is 20.9. The van der Waals surface area contributed by atoms with Gasteiger partial charge in [-0.3, -0.25) is 4.79 Å². The van der Waals surface area contributed by atoms with E-state index >= 15 is 0 Å². The number of unbranched alkanes of at least 4 members (excludes halogenated alkanes) is 2. The second-order valence-corrected chi connectivity index (χ2v) is 10.9. The number of benzene rings is 1. The third kappa shape index (κ3) is 5.12. The molecule has 0 aliphatic carbocycles. The third-order valence-electron chi connectivity index (χ3n) is 6.35. The standard InChI is InChI=1S/C24H34N6O4S/c1-5-7-8-9-21-25-17(3)22-24(31)26-23(27-30(21)22)19-16-18(10-11-20(19)34-6-2)35(32,33)29-14-12-28(4)13-15-29/h10-11,16H,5-9,12-15H2,1-4H3,(H,26,27,31). The normalized spacial score (nSPS) is 15.7. The number of aryl methyl sites for hydroxylation is 2. The van der Waals surface area contributed by atoms with Crippen molar-refractivity contribution in [3.63, 3.8) is 0 Å². The molecule has 0 bridgehead atoms. The van der Waals surface area contributed by atoms with Gasteiger partial charge in [-0.2, -0.15) is 4.31 Å². The molecule has 2 aromatic heterocycles. The molecule has 0 amide bonds. The van der Waals surface area contributed by atoms with E-state index in [-0.39, 0.29) is 16.3 Å². The molecular weight excluding hydrogens is 468 g/mol. The number of aromatic amines is 1. The predicted molar refractivity (Wildman–Crippen MR) is 134 cm³/mol. The Bertz CT molecular complexity index is 1360. The van der Waals surface area contributed by atoms with Crippen LogP contribution in [0.3, 0.4) is 0 Å². The Hall–Kier alpha value is -2.76. The van der Waals surface area contributed by atoms with Crippen molar-refractivity contribution >= 4 is 15.5 Å². The molecule has 0 atom stereocenters. The van der Waals surface area contributed by atoms with Crippen molar-refractivity contribution in [3.05, 3.63) is 40.1 Å². The van der Waals surface area contributed by atoms with Gasteiger partial charge in [0, 0.05) is 32.6 Å². The minimum Gasteiger partial charge on any atom is -0.493 e. The van der Waals surface area contributed by atoms with Crippen molar-refractivity contribution in [2.24, 2.45) is 0 Å². The monoisotopic (exact) mass is 502 g/mol. The Morgan fingerprint density at radius 1 is 1.11 bits per heavy atom. The fourth-order valence-corrected chi connectivity index (χ4v) is 5.81. The quantitative estimate of drug-likeness (QED) is 0.447. The molecule has 1 aliphatic heterocycles. The van der Waals surface area contributed by atoms with Gasteiger partial charge in [0.1, 0.15) is 11.6 Å². The fraction of sp³-hybridized carbons (Fsp3) is 0.542. The molecule has 4 rings (SSSR count). The molecule has 11 heteroatoms. The largest absolute Gasteiger partial charge is 0.493 e. The lowest BCUT2D eigenvalue weighted by Gasteiger charge is -2.31. The predicted octanol–water partition coefficient (Wildman–Crippen LogP) is 2.46. The Morgan fingerprint density at radius 2 is 1.86 bits per heavy atom. The SMILES string of the molecule is CCCCCc1nc(C)c2c(=O)[nH]c(-c3cc(S(=O)(=O)N4CCN(C)CC4)ccc3OCC)nn12. The lowest BCUT2D eigenvalue weighted by molar-refractivity contribution is 0.222. The van der Waals surface area contributed by atoms with Gasteiger partial charge < -0.3 is 14.6 Å². The molecule has 0 unspecified atom stereocenters. The smallest absolute Gasteiger partial charge is 0.277 e. The fourth-order valence-electron chi connectivity index (χ4n) is 4.37. The van der Waals surface area contributed by atoms with Gasteiger partial charge in [-0.1, -0.05) is 19.8 Å². The molecule has 3 heterocycles. The number of nitrogens with zero attached hydrogens (tertiary/aromatic N) is 5. The summed E-state index contributed by atoms with van der Waals surface area (Å²) in [4.78, 5) is 22.7. The molecule has 0 radical (unpaired) electrons. The number of piperazine rings is 1. The van der Waals surface area contributed by atoms with Crippen LogP contribution >= 0.6 is 0 Å². The van der Waals surface area contributed by atoms with Gasteiger partial charge >= 0.3 is 0 Å². The summed E-state index contributed by atoms with van der Waals surface area (Å²) in [6, 6.07) is 4.73. The number of fused-ring (bicyclic) bond motifs is 1. The third-order valence-corrected chi connectivity index (χ3v) is 8.25. The number of H-pyrrole nitrogens is 1. The summed E-state index contributed by atoms with van der Waals surface area (Å²) in [7, 11) is -1.73. The molecule has 0 saturated carbocycles. The van der Waals surface area contributed by atoms with Gasteiger partial charge in [0.25, 0.3) is 5.56 Å². The Balaban J connectivity index is 1.81. The summed E-state index contributed by atoms with van der Waals surface area (Å²) in [5.41, 5.74) is 1.12. The van der Waals surface area contributed by atoms with Crippen molar-refractivity contribution < 1.29 is 13.2 Å². The molecule has 0 spiro atoms. The minimum atomic E-state index is -3.71. The van der Waals surface area contributed by atoms with Crippen molar-refractivity contribution in [2.45, 2.75) is 51.3 Å². The van der Waals surface area contributed by atoms with Crippen molar-refractivity contribution in [1.82, 2.24) is 28.8 Å². The van der Waals surface area contributed by atoms with E-state index < -0.39 is 10.0 Å². The number of hydrogen-bond donors (Lipinski definition) is 1. The number of rotatable bonds is 9. The highest BCUT2D eigenvalue weighted by molar-refractivity contribution is 7.89. The number of sulfonamides is 1. The first-order valence-corrected chi connectivity index (χ1v) is 13.6. The van der Waals surface area contributed by atoms with Gasteiger partial charge in [0.15, 0.2) is 11.3 Å². The van der Waals surface area contributed by atoms with Crippen molar-refractivity contribution in [2.75, 3.05) is 39.8 Å². The number of likely N-dealkylation sites (N-methyl/N-ethyl adjacent to an activating group) is 1. The molecule has 3 aromatic rings. The summed E-state index contributed by atoms with van der Waals surface area (Å²) in [5, 5.41) is 4.70. The first-order valence-electron chi connectivity index (χ1n) is 12.2. The van der Waals surface area contributed by atoms with Crippen LogP contribution in [-0.4, -0.2) is 77.0 Å². The van der Waals surface area contributed by atoms with Crippen LogP contribution in [0.15, 0.2) is 27.9 Å². The van der Waals surface area contributed by atoms with Crippen LogP contribution in [0, 0.1) is 6.92 Å². The number of aromatic nitrogens is 4. The summed E-state index contributed by atoms with van der Waals surface area (Å²) in [6.07, 6.45) is 3.79. The number of hydrogen-bond acceptors (Lipinski definition) is 7. The minimum absolute atomic E-state index is 0.147. The first kappa shape index (κ1) is 25.3. The van der Waals surface area contributed by atoms with Crippen molar-refractivity contribution in [1.29, 1.82) is 0 Å². The first-order chi connectivity index (χ1) is 16.8. The molecule has 35 heavy (non-hydrogen) atoms. The topological polar surface area (TPSA) is 113 Å². The zero-order valence-corrected chi connectivity index (χ0v) is 21.7. The van der Waals surface area contributed by atoms with Crippen LogP contribution in [-0.2, 0) is 16.4 Å². The number of nitrogens with one attached hydrogen (secondary N) is 1. The lowest BCUT2D eigenvalue weighted by Crippen LogP contribution is -2.47. The molecule has 1 fully saturated rings. The van der Waals surface area contributed by atoms with Crippen LogP contribution in [0.25, 0.3) is 16.9 Å². The Labute approximate surface area is 206 Å². The zero-order chi connectivity index (χ0) is 25.2.